The average molecular weight is 272 g/mol. The second kappa shape index (κ2) is 6.94. The summed E-state index contributed by atoms with van der Waals surface area (Å²) in [6.45, 7) is 5.47. The topological polar surface area (TPSA) is 35.5 Å². The highest BCUT2D eigenvalue weighted by atomic mass is 16.5. The van der Waals surface area contributed by atoms with Gasteiger partial charge in [0.1, 0.15) is 17.8 Å². The second-order valence-electron chi connectivity index (χ2n) is 4.72. The molecule has 0 heterocycles. The van der Waals surface area contributed by atoms with Crippen LogP contribution in [0.1, 0.15) is 37.0 Å². The first kappa shape index (κ1) is 14.4. The van der Waals surface area contributed by atoms with Crippen molar-refractivity contribution in [2.45, 2.75) is 26.7 Å². The molecule has 0 bridgehead atoms. The van der Waals surface area contributed by atoms with E-state index >= 15 is 0 Å². The Bertz CT molecular complexity index is 590. The molecule has 20 heavy (non-hydrogen) atoms. The fourth-order valence-corrected chi connectivity index (χ4v) is 2.03. The molecular formula is C17H20O3. The lowest BCUT2D eigenvalue weighted by molar-refractivity contribution is 0.112. The van der Waals surface area contributed by atoms with E-state index in [0.717, 1.165) is 41.4 Å². The highest BCUT2D eigenvalue weighted by Gasteiger charge is 2.07. The van der Waals surface area contributed by atoms with E-state index in [-0.39, 0.29) is 0 Å². The summed E-state index contributed by atoms with van der Waals surface area (Å²) in [5.74, 6) is 1.58. The third kappa shape index (κ3) is 3.29. The fraction of sp³-hybridized carbons (Fsp3) is 0.353. The van der Waals surface area contributed by atoms with Gasteiger partial charge in [-0.3, -0.25) is 4.79 Å². The third-order valence-corrected chi connectivity index (χ3v) is 2.98. The number of hydrogen-bond donors (Lipinski definition) is 0. The molecular weight excluding hydrogens is 252 g/mol. The summed E-state index contributed by atoms with van der Waals surface area (Å²) in [5, 5.41) is 1.97. The van der Waals surface area contributed by atoms with Crippen molar-refractivity contribution < 1.29 is 14.3 Å². The Morgan fingerprint density at radius 1 is 1.00 bits per heavy atom. The summed E-state index contributed by atoms with van der Waals surface area (Å²) in [5.41, 5.74) is 0.630. The minimum absolute atomic E-state index is 0.630. The van der Waals surface area contributed by atoms with Crippen LogP contribution in [0, 0.1) is 0 Å². The molecule has 0 aromatic heterocycles. The van der Waals surface area contributed by atoms with Gasteiger partial charge >= 0.3 is 0 Å². The normalized spacial score (nSPS) is 10.5. The van der Waals surface area contributed by atoms with Gasteiger partial charge in [-0.2, -0.15) is 0 Å². The Hall–Kier alpha value is -2.03. The summed E-state index contributed by atoms with van der Waals surface area (Å²) in [4.78, 5) is 11.0. The molecule has 0 spiro atoms. The van der Waals surface area contributed by atoms with Crippen molar-refractivity contribution in [3.05, 3.63) is 35.9 Å². The Balaban J connectivity index is 2.44. The van der Waals surface area contributed by atoms with Crippen LogP contribution in [0.4, 0.5) is 0 Å². The minimum Gasteiger partial charge on any atom is -0.494 e. The number of benzene rings is 2. The first-order valence-corrected chi connectivity index (χ1v) is 7.07. The zero-order valence-electron chi connectivity index (χ0n) is 12.0. The number of ether oxygens (including phenoxy) is 2. The van der Waals surface area contributed by atoms with Crippen LogP contribution in [0.3, 0.4) is 0 Å². The summed E-state index contributed by atoms with van der Waals surface area (Å²) < 4.78 is 11.4. The smallest absolute Gasteiger partial charge is 0.150 e. The van der Waals surface area contributed by atoms with Crippen LogP contribution < -0.4 is 9.47 Å². The molecule has 0 aliphatic rings. The van der Waals surface area contributed by atoms with E-state index < -0.39 is 0 Å². The number of hydrogen-bond acceptors (Lipinski definition) is 3. The molecule has 0 saturated carbocycles. The highest BCUT2D eigenvalue weighted by Crippen LogP contribution is 2.30. The largest absolute Gasteiger partial charge is 0.494 e. The molecule has 0 radical (unpaired) electrons. The number of fused-ring (bicyclic) bond motifs is 1. The molecule has 2 aromatic rings. The summed E-state index contributed by atoms with van der Waals surface area (Å²) in [7, 11) is 0. The molecule has 0 saturated heterocycles. The van der Waals surface area contributed by atoms with Gasteiger partial charge in [0.05, 0.1) is 13.2 Å². The zero-order valence-corrected chi connectivity index (χ0v) is 12.0. The lowest BCUT2D eigenvalue weighted by Gasteiger charge is -2.11. The van der Waals surface area contributed by atoms with Gasteiger partial charge in [0.15, 0.2) is 0 Å². The predicted molar refractivity (Wildman–Crippen MR) is 80.9 cm³/mol. The maximum absolute atomic E-state index is 11.0. The van der Waals surface area contributed by atoms with Crippen molar-refractivity contribution in [3.63, 3.8) is 0 Å². The van der Waals surface area contributed by atoms with E-state index in [1.807, 2.05) is 24.3 Å². The van der Waals surface area contributed by atoms with Gasteiger partial charge in [0.25, 0.3) is 0 Å². The van der Waals surface area contributed by atoms with E-state index in [4.69, 9.17) is 9.47 Å². The first-order chi connectivity index (χ1) is 9.78. The van der Waals surface area contributed by atoms with Crippen molar-refractivity contribution in [2.75, 3.05) is 13.2 Å². The maximum atomic E-state index is 11.0. The third-order valence-electron chi connectivity index (χ3n) is 2.98. The molecule has 3 heteroatoms. The van der Waals surface area contributed by atoms with Crippen LogP contribution in [0.15, 0.2) is 30.3 Å². The molecule has 2 aromatic carbocycles. The maximum Gasteiger partial charge on any atom is 0.150 e. The van der Waals surface area contributed by atoms with Crippen molar-refractivity contribution in [1.82, 2.24) is 0 Å². The van der Waals surface area contributed by atoms with E-state index in [1.54, 1.807) is 6.07 Å². The predicted octanol–water partition coefficient (Wildman–Crippen LogP) is 4.23. The van der Waals surface area contributed by atoms with Crippen LogP contribution in [-0.2, 0) is 0 Å². The van der Waals surface area contributed by atoms with Gasteiger partial charge < -0.3 is 9.47 Å². The molecule has 106 valence electrons. The Morgan fingerprint density at radius 2 is 1.75 bits per heavy atom. The lowest BCUT2D eigenvalue weighted by atomic mass is 10.1. The lowest BCUT2D eigenvalue weighted by Crippen LogP contribution is -1.98. The van der Waals surface area contributed by atoms with Crippen molar-refractivity contribution in [3.8, 4) is 11.5 Å². The quantitative estimate of drug-likeness (QED) is 0.707. The number of rotatable bonds is 7. The van der Waals surface area contributed by atoms with Crippen molar-refractivity contribution in [2.24, 2.45) is 0 Å². The zero-order chi connectivity index (χ0) is 14.4. The Morgan fingerprint density at radius 3 is 2.45 bits per heavy atom. The molecule has 0 N–H and O–H groups in total. The summed E-state index contributed by atoms with van der Waals surface area (Å²) in [6, 6.07) is 9.52. The highest BCUT2D eigenvalue weighted by molar-refractivity contribution is 5.94. The molecule has 3 nitrogen and oxygen atoms in total. The number of aldehydes is 1. The molecule has 0 aliphatic carbocycles. The van der Waals surface area contributed by atoms with Gasteiger partial charge in [0.2, 0.25) is 0 Å². The molecule has 0 aliphatic heterocycles. The van der Waals surface area contributed by atoms with Crippen molar-refractivity contribution >= 4 is 17.1 Å². The summed E-state index contributed by atoms with van der Waals surface area (Å²) >= 11 is 0. The second-order valence-corrected chi connectivity index (χ2v) is 4.72. The summed E-state index contributed by atoms with van der Waals surface area (Å²) in [6.07, 6.45) is 2.75. The molecule has 0 unspecified atom stereocenters. The van der Waals surface area contributed by atoms with Crippen LogP contribution in [0.2, 0.25) is 0 Å². The molecule has 2 rings (SSSR count). The van der Waals surface area contributed by atoms with Gasteiger partial charge in [-0.05, 0) is 42.5 Å². The SMILES string of the molecule is CCCOc1ccc2cc(C=O)cc(OCCC)c2c1. The van der Waals surface area contributed by atoms with E-state index in [1.165, 1.54) is 0 Å². The van der Waals surface area contributed by atoms with Gasteiger partial charge in [-0.1, -0.05) is 19.9 Å². The first-order valence-electron chi connectivity index (χ1n) is 7.07. The van der Waals surface area contributed by atoms with E-state index in [2.05, 4.69) is 13.8 Å². The molecule has 0 amide bonds. The van der Waals surface area contributed by atoms with E-state index in [0.29, 0.717) is 18.8 Å². The Labute approximate surface area is 119 Å². The van der Waals surface area contributed by atoms with Crippen LogP contribution >= 0.6 is 0 Å². The monoisotopic (exact) mass is 272 g/mol. The average Bonchev–Trinajstić information content (AvgIpc) is 2.50. The van der Waals surface area contributed by atoms with Gasteiger partial charge in [0, 0.05) is 10.9 Å². The molecule has 0 fully saturated rings. The molecule has 0 atom stereocenters. The van der Waals surface area contributed by atoms with Crippen LogP contribution in [-0.4, -0.2) is 19.5 Å². The standard InChI is InChI=1S/C17H20O3/c1-3-7-19-15-6-5-14-9-13(12-18)10-17(16(14)11-15)20-8-4-2/h5-6,9-12H,3-4,7-8H2,1-2H3. The number of carbonyl (C=O) groups excluding carboxylic acids is 1. The minimum atomic E-state index is 0.630. The Kier molecular flexibility index (Phi) is 4.99. The van der Waals surface area contributed by atoms with Crippen LogP contribution in [0.25, 0.3) is 10.8 Å². The van der Waals surface area contributed by atoms with Gasteiger partial charge in [-0.15, -0.1) is 0 Å². The fourth-order valence-electron chi connectivity index (χ4n) is 2.03. The van der Waals surface area contributed by atoms with E-state index in [9.17, 15) is 4.79 Å². The van der Waals surface area contributed by atoms with Gasteiger partial charge in [-0.25, -0.2) is 0 Å². The van der Waals surface area contributed by atoms with Crippen molar-refractivity contribution in [1.29, 1.82) is 0 Å². The number of carbonyl (C=O) groups is 1. The van der Waals surface area contributed by atoms with Crippen LogP contribution in [0.5, 0.6) is 11.5 Å².